The molecule has 2 N–H and O–H groups in total. The molecule has 0 aliphatic rings. The van der Waals surface area contributed by atoms with Crippen LogP contribution in [0.3, 0.4) is 0 Å². The fourth-order valence-electron chi connectivity index (χ4n) is 0.209. The molecular formula is C4H11O4Ti. The summed E-state index contributed by atoms with van der Waals surface area (Å²) >= 11 is -1.75. The quantitative estimate of drug-likeness (QED) is 0.282. The van der Waals surface area contributed by atoms with E-state index in [0.29, 0.717) is 6.61 Å². The summed E-state index contributed by atoms with van der Waals surface area (Å²) in [5.74, 6) is 0. The maximum atomic E-state index is 8.61. The van der Waals surface area contributed by atoms with Crippen LogP contribution in [0.4, 0.5) is 0 Å². The van der Waals surface area contributed by atoms with Crippen LogP contribution in [-0.4, -0.2) is 15.6 Å². The van der Waals surface area contributed by atoms with Crippen LogP contribution in [0.1, 0.15) is 19.8 Å². The van der Waals surface area contributed by atoms with Gasteiger partial charge in [-0.05, 0) is 6.42 Å². The van der Waals surface area contributed by atoms with Crippen molar-refractivity contribution < 1.29 is 36.7 Å². The van der Waals surface area contributed by atoms with Crippen molar-refractivity contribution in [3.05, 3.63) is 0 Å². The van der Waals surface area contributed by atoms with Crippen LogP contribution in [0.15, 0.2) is 0 Å². The molecule has 0 aliphatic carbocycles. The van der Waals surface area contributed by atoms with Crippen molar-refractivity contribution in [2.75, 3.05) is 6.61 Å². The molecule has 0 amide bonds. The van der Waals surface area contributed by atoms with E-state index in [9.17, 15) is 0 Å². The minimum atomic E-state index is -1.75. The Labute approximate surface area is 63.5 Å². The summed E-state index contributed by atoms with van der Waals surface area (Å²) in [6, 6.07) is 0. The van der Waals surface area contributed by atoms with Crippen molar-refractivity contribution in [2.45, 2.75) is 19.8 Å². The van der Waals surface area contributed by atoms with Gasteiger partial charge in [-0.2, -0.15) is 0 Å². The Hall–Kier alpha value is 0.394. The molecule has 0 saturated heterocycles. The van der Waals surface area contributed by atoms with Gasteiger partial charge in [-0.1, -0.05) is 13.3 Å². The van der Waals surface area contributed by atoms with Crippen LogP contribution >= 0.6 is 0 Å². The summed E-state index contributed by atoms with van der Waals surface area (Å²) in [5, 5.41) is 7.70. The van der Waals surface area contributed by atoms with Crippen LogP contribution in [0, 0.1) is 0 Å². The van der Waals surface area contributed by atoms with E-state index in [2.05, 4.69) is 4.89 Å². The van der Waals surface area contributed by atoms with E-state index in [1.807, 2.05) is 6.92 Å². The van der Waals surface area contributed by atoms with Gasteiger partial charge in [0.05, 0.1) is 6.61 Å². The average molecular weight is 171 g/mol. The van der Waals surface area contributed by atoms with E-state index < -0.39 is 19.5 Å². The van der Waals surface area contributed by atoms with Crippen LogP contribution < -0.4 is 0 Å². The number of hydrogen-bond acceptors (Lipinski definition) is 3. The second-order valence-corrected chi connectivity index (χ2v) is 1.56. The standard InChI is InChI=1S/C4H10O2.H2O.O.Ti/c1-2-3-4-6-5;;;/h5H,2-4H2,1H3;1H2;;/q;;;+1/p-1. The van der Waals surface area contributed by atoms with Gasteiger partial charge in [0.1, 0.15) is 0 Å². The number of hydrogen-bond donors (Lipinski definition) is 2. The van der Waals surface area contributed by atoms with Gasteiger partial charge in [0, 0.05) is 0 Å². The van der Waals surface area contributed by atoms with E-state index in [-0.39, 0.29) is 0 Å². The molecule has 4 nitrogen and oxygen atoms in total. The maximum absolute atomic E-state index is 8.61. The van der Waals surface area contributed by atoms with Crippen molar-refractivity contribution in [3.63, 3.8) is 0 Å². The van der Waals surface area contributed by atoms with Crippen molar-refractivity contribution in [1.29, 1.82) is 0 Å². The monoisotopic (exact) mass is 171 g/mol. The van der Waals surface area contributed by atoms with E-state index in [4.69, 9.17) is 12.3 Å². The Bertz CT molecular complexity index is 45.8. The molecule has 9 heavy (non-hydrogen) atoms. The van der Waals surface area contributed by atoms with Crippen molar-refractivity contribution in [3.8, 4) is 0 Å². The number of rotatable bonds is 3. The predicted molar refractivity (Wildman–Crippen MR) is 26.4 cm³/mol. The van der Waals surface area contributed by atoms with Crippen molar-refractivity contribution in [2.24, 2.45) is 0 Å². The van der Waals surface area contributed by atoms with Gasteiger partial charge < -0.3 is 0 Å². The third-order valence-corrected chi connectivity index (χ3v) is 0.589. The normalized spacial score (nSPS) is 7.00. The topological polar surface area (TPSA) is 66.8 Å². The fourth-order valence-corrected chi connectivity index (χ4v) is 0.209. The van der Waals surface area contributed by atoms with Gasteiger partial charge in [0.25, 0.3) is 0 Å². The Balaban J connectivity index is 0. The Morgan fingerprint density at radius 2 is 2.11 bits per heavy atom. The molecule has 0 aromatic heterocycles. The molecule has 55 valence electrons. The Morgan fingerprint density at radius 1 is 1.67 bits per heavy atom. The molecule has 0 aromatic carbocycles. The van der Waals surface area contributed by atoms with E-state index in [1.165, 1.54) is 0 Å². The Morgan fingerprint density at radius 3 is 2.22 bits per heavy atom. The fraction of sp³-hybridized carbons (Fsp3) is 1.00. The van der Waals surface area contributed by atoms with E-state index in [0.717, 1.165) is 12.8 Å². The van der Waals surface area contributed by atoms with Gasteiger partial charge >= 0.3 is 26.5 Å². The third kappa shape index (κ3) is 29.8. The molecule has 0 aliphatic heterocycles. The van der Waals surface area contributed by atoms with Crippen LogP contribution in [0.5, 0.6) is 0 Å². The molecule has 0 spiro atoms. The second kappa shape index (κ2) is 15.8. The Kier molecular flexibility index (Phi) is 21.2. The molecule has 0 saturated carbocycles. The first-order chi connectivity index (χ1) is 4.33. The third-order valence-electron chi connectivity index (χ3n) is 0.589. The molecule has 0 aromatic rings. The second-order valence-electron chi connectivity index (χ2n) is 1.28. The summed E-state index contributed by atoms with van der Waals surface area (Å²) in [5.41, 5.74) is 0. The van der Waals surface area contributed by atoms with Crippen LogP contribution in [0.25, 0.3) is 0 Å². The van der Waals surface area contributed by atoms with Gasteiger partial charge in [-0.3, -0.25) is 5.26 Å². The summed E-state index contributed by atoms with van der Waals surface area (Å²) in [6.07, 6.45) is 2.01. The van der Waals surface area contributed by atoms with Gasteiger partial charge in [-0.15, -0.1) is 0 Å². The predicted octanol–water partition coefficient (Wildman–Crippen LogP) is 0.598. The summed E-state index contributed by atoms with van der Waals surface area (Å²) < 4.78 is 15.8. The summed E-state index contributed by atoms with van der Waals surface area (Å²) in [7, 11) is 0. The molecular weight excluding hydrogens is 160 g/mol. The molecule has 5 heteroatoms. The van der Waals surface area contributed by atoms with Crippen LogP contribution in [0.2, 0.25) is 0 Å². The molecule has 0 atom stereocenters. The van der Waals surface area contributed by atoms with E-state index >= 15 is 0 Å². The van der Waals surface area contributed by atoms with E-state index in [1.54, 1.807) is 0 Å². The average Bonchev–Trinajstić information content (AvgIpc) is 1.86. The summed E-state index contributed by atoms with van der Waals surface area (Å²) in [4.78, 5) is 3.78. The molecule has 0 rings (SSSR count). The first-order valence-electron chi connectivity index (χ1n) is 2.61. The minimum absolute atomic E-state index is 0.469. The first-order valence-corrected chi connectivity index (χ1v) is 3.94. The molecule has 0 heterocycles. The van der Waals surface area contributed by atoms with Crippen LogP contribution in [-0.2, 0) is 27.7 Å². The summed E-state index contributed by atoms with van der Waals surface area (Å²) in [6.45, 7) is 2.51. The molecule has 0 unspecified atom stereocenters. The van der Waals surface area contributed by atoms with Crippen molar-refractivity contribution in [1.82, 2.24) is 0 Å². The van der Waals surface area contributed by atoms with Gasteiger partial charge in [-0.25, -0.2) is 4.89 Å². The molecule has 0 bridgehead atoms. The van der Waals surface area contributed by atoms with Gasteiger partial charge in [0.15, 0.2) is 0 Å². The first kappa shape index (κ1) is 12.1. The SMILES string of the molecule is CCCCOO.[O]=[Ti][OH]. The van der Waals surface area contributed by atoms with Crippen molar-refractivity contribution >= 4 is 0 Å². The van der Waals surface area contributed by atoms with Gasteiger partial charge in [0.2, 0.25) is 0 Å². The molecule has 0 radical (unpaired) electrons. The molecule has 0 fully saturated rings. The zero-order valence-corrected chi connectivity index (χ0v) is 6.89. The zero-order chi connectivity index (χ0) is 7.54. The number of unbranched alkanes of at least 4 members (excludes halogenated alkanes) is 1. The zero-order valence-electron chi connectivity index (χ0n) is 5.33.